The molecule has 1 aromatic carbocycles. The standard InChI is InChI=1S/C13H14ClNO3/c1-8-4-5-9(10(14)7-8)12(16)15-6-2-3-11(15)13(17)18/h4-5,7,11H,2-3,6H2,1H3,(H,17,18)/t11-/m0/s1. The lowest BCUT2D eigenvalue weighted by atomic mass is 10.1. The highest BCUT2D eigenvalue weighted by Gasteiger charge is 2.34. The van der Waals surface area contributed by atoms with Crippen LogP contribution in [0.1, 0.15) is 28.8 Å². The molecule has 0 aromatic heterocycles. The number of carbonyl (C=O) groups is 2. The van der Waals surface area contributed by atoms with Gasteiger partial charge in [-0.05, 0) is 37.5 Å². The molecule has 1 N–H and O–H groups in total. The molecule has 96 valence electrons. The molecule has 0 spiro atoms. The third-order valence-electron chi connectivity index (χ3n) is 3.15. The summed E-state index contributed by atoms with van der Waals surface area (Å²) in [5, 5.41) is 9.44. The Morgan fingerprint density at radius 3 is 2.78 bits per heavy atom. The van der Waals surface area contributed by atoms with Crippen LogP contribution in [0.2, 0.25) is 5.02 Å². The fraction of sp³-hybridized carbons (Fsp3) is 0.385. The Labute approximate surface area is 110 Å². The fourth-order valence-corrected chi connectivity index (χ4v) is 2.53. The van der Waals surface area contributed by atoms with Gasteiger partial charge >= 0.3 is 5.97 Å². The minimum absolute atomic E-state index is 0.301. The lowest BCUT2D eigenvalue weighted by Crippen LogP contribution is -2.40. The van der Waals surface area contributed by atoms with Crippen molar-refractivity contribution >= 4 is 23.5 Å². The van der Waals surface area contributed by atoms with Crippen molar-refractivity contribution in [2.75, 3.05) is 6.54 Å². The van der Waals surface area contributed by atoms with Gasteiger partial charge in [0, 0.05) is 6.54 Å². The van der Waals surface area contributed by atoms with Crippen LogP contribution in [0, 0.1) is 6.92 Å². The summed E-state index contributed by atoms with van der Waals surface area (Å²) in [6.07, 6.45) is 1.22. The molecule has 1 aromatic rings. The van der Waals surface area contributed by atoms with Crippen LogP contribution in [-0.4, -0.2) is 34.5 Å². The molecule has 5 heteroatoms. The molecule has 1 fully saturated rings. The summed E-state index contributed by atoms with van der Waals surface area (Å²) >= 11 is 6.04. The minimum atomic E-state index is -0.955. The second kappa shape index (κ2) is 4.98. The third kappa shape index (κ3) is 2.34. The Bertz CT molecular complexity index is 501. The Morgan fingerprint density at radius 1 is 1.44 bits per heavy atom. The average molecular weight is 268 g/mol. The highest BCUT2D eigenvalue weighted by atomic mass is 35.5. The second-order valence-corrected chi connectivity index (χ2v) is 4.89. The molecule has 0 saturated carbocycles. The molecule has 1 heterocycles. The van der Waals surface area contributed by atoms with Crippen LogP contribution in [-0.2, 0) is 4.79 Å². The number of carbonyl (C=O) groups excluding carboxylic acids is 1. The first-order valence-corrected chi connectivity index (χ1v) is 6.18. The van der Waals surface area contributed by atoms with E-state index in [1.165, 1.54) is 4.90 Å². The monoisotopic (exact) mass is 267 g/mol. The summed E-state index contributed by atoms with van der Waals surface area (Å²) in [6, 6.07) is 4.43. The number of hydrogen-bond acceptors (Lipinski definition) is 2. The zero-order valence-electron chi connectivity index (χ0n) is 10.0. The van der Waals surface area contributed by atoms with Crippen LogP contribution >= 0.6 is 11.6 Å². The molecule has 1 saturated heterocycles. The first kappa shape index (κ1) is 12.9. The molecule has 4 nitrogen and oxygen atoms in total. The van der Waals surface area contributed by atoms with E-state index in [9.17, 15) is 9.59 Å². The van der Waals surface area contributed by atoms with Gasteiger partial charge in [0.1, 0.15) is 6.04 Å². The number of likely N-dealkylation sites (tertiary alicyclic amines) is 1. The van der Waals surface area contributed by atoms with E-state index in [1.54, 1.807) is 18.2 Å². The molecule has 1 aliphatic rings. The Hall–Kier alpha value is -1.55. The van der Waals surface area contributed by atoms with E-state index in [4.69, 9.17) is 16.7 Å². The van der Waals surface area contributed by atoms with E-state index < -0.39 is 12.0 Å². The van der Waals surface area contributed by atoms with Crippen molar-refractivity contribution < 1.29 is 14.7 Å². The molecule has 0 unspecified atom stereocenters. The quantitative estimate of drug-likeness (QED) is 0.895. The second-order valence-electron chi connectivity index (χ2n) is 4.48. The SMILES string of the molecule is Cc1ccc(C(=O)N2CCC[C@H]2C(=O)O)c(Cl)c1. The fourth-order valence-electron chi connectivity index (χ4n) is 2.21. The van der Waals surface area contributed by atoms with Gasteiger partial charge in [-0.3, -0.25) is 4.79 Å². The number of nitrogens with zero attached hydrogens (tertiary/aromatic N) is 1. The van der Waals surface area contributed by atoms with E-state index in [0.717, 1.165) is 5.56 Å². The van der Waals surface area contributed by atoms with Crippen molar-refractivity contribution in [3.63, 3.8) is 0 Å². The summed E-state index contributed by atoms with van der Waals surface area (Å²) < 4.78 is 0. The van der Waals surface area contributed by atoms with Gasteiger partial charge < -0.3 is 10.0 Å². The Balaban J connectivity index is 2.28. The van der Waals surface area contributed by atoms with Crippen molar-refractivity contribution in [1.82, 2.24) is 4.90 Å². The molecular formula is C13H14ClNO3. The van der Waals surface area contributed by atoms with E-state index in [1.807, 2.05) is 6.92 Å². The smallest absolute Gasteiger partial charge is 0.326 e. The Morgan fingerprint density at radius 2 is 2.17 bits per heavy atom. The van der Waals surface area contributed by atoms with Crippen molar-refractivity contribution in [3.05, 3.63) is 34.3 Å². The lowest BCUT2D eigenvalue weighted by molar-refractivity contribution is -0.141. The van der Waals surface area contributed by atoms with E-state index in [2.05, 4.69) is 0 Å². The number of carboxylic acids is 1. The van der Waals surface area contributed by atoms with Crippen molar-refractivity contribution in [3.8, 4) is 0 Å². The molecule has 0 bridgehead atoms. The van der Waals surface area contributed by atoms with Gasteiger partial charge in [-0.25, -0.2) is 4.79 Å². The lowest BCUT2D eigenvalue weighted by Gasteiger charge is -2.22. The van der Waals surface area contributed by atoms with Crippen LogP contribution in [0.5, 0.6) is 0 Å². The predicted molar refractivity (Wildman–Crippen MR) is 67.9 cm³/mol. The van der Waals surface area contributed by atoms with Gasteiger partial charge in [-0.2, -0.15) is 0 Å². The molecular weight excluding hydrogens is 254 g/mol. The third-order valence-corrected chi connectivity index (χ3v) is 3.47. The van der Waals surface area contributed by atoms with Crippen LogP contribution < -0.4 is 0 Å². The summed E-state index contributed by atoms with van der Waals surface area (Å²) in [4.78, 5) is 24.7. The van der Waals surface area contributed by atoms with Crippen molar-refractivity contribution in [2.45, 2.75) is 25.8 Å². The number of amides is 1. The highest BCUT2D eigenvalue weighted by Crippen LogP contribution is 2.24. The Kier molecular flexibility index (Phi) is 3.57. The average Bonchev–Trinajstić information content (AvgIpc) is 2.77. The maximum atomic E-state index is 12.3. The van der Waals surface area contributed by atoms with Gasteiger partial charge in [0.2, 0.25) is 0 Å². The van der Waals surface area contributed by atoms with E-state index in [-0.39, 0.29) is 5.91 Å². The zero-order chi connectivity index (χ0) is 13.3. The largest absolute Gasteiger partial charge is 0.480 e. The number of aliphatic carboxylic acids is 1. The normalized spacial score (nSPS) is 19.0. The molecule has 0 aliphatic carbocycles. The topological polar surface area (TPSA) is 57.6 Å². The zero-order valence-corrected chi connectivity index (χ0v) is 10.8. The van der Waals surface area contributed by atoms with Gasteiger partial charge in [0.25, 0.3) is 5.91 Å². The van der Waals surface area contributed by atoms with Crippen molar-refractivity contribution in [2.24, 2.45) is 0 Å². The predicted octanol–water partition coefficient (Wildman–Crippen LogP) is 2.34. The minimum Gasteiger partial charge on any atom is -0.480 e. The van der Waals surface area contributed by atoms with Gasteiger partial charge in [-0.1, -0.05) is 17.7 Å². The van der Waals surface area contributed by atoms with Crippen LogP contribution in [0.3, 0.4) is 0 Å². The maximum absolute atomic E-state index is 12.3. The molecule has 2 rings (SSSR count). The van der Waals surface area contributed by atoms with Crippen LogP contribution in [0.4, 0.5) is 0 Å². The molecule has 0 radical (unpaired) electrons. The molecule has 1 aliphatic heterocycles. The van der Waals surface area contributed by atoms with E-state index in [0.29, 0.717) is 30.0 Å². The van der Waals surface area contributed by atoms with Gasteiger partial charge in [0.15, 0.2) is 0 Å². The van der Waals surface area contributed by atoms with Crippen LogP contribution in [0.15, 0.2) is 18.2 Å². The number of carboxylic acid groups (broad SMARTS) is 1. The number of aryl methyl sites for hydroxylation is 1. The van der Waals surface area contributed by atoms with Gasteiger partial charge in [0.05, 0.1) is 10.6 Å². The summed E-state index contributed by atoms with van der Waals surface area (Å²) in [5.74, 6) is -1.26. The van der Waals surface area contributed by atoms with Crippen LogP contribution in [0.25, 0.3) is 0 Å². The number of hydrogen-bond donors (Lipinski definition) is 1. The summed E-state index contributed by atoms with van der Waals surface area (Å²) in [6.45, 7) is 2.36. The summed E-state index contributed by atoms with van der Waals surface area (Å²) in [5.41, 5.74) is 1.34. The first-order valence-electron chi connectivity index (χ1n) is 5.80. The number of rotatable bonds is 2. The molecule has 18 heavy (non-hydrogen) atoms. The maximum Gasteiger partial charge on any atom is 0.326 e. The van der Waals surface area contributed by atoms with Crippen molar-refractivity contribution in [1.29, 1.82) is 0 Å². The molecule has 1 amide bonds. The highest BCUT2D eigenvalue weighted by molar-refractivity contribution is 6.34. The molecule has 1 atom stereocenters. The first-order chi connectivity index (χ1) is 8.50. The van der Waals surface area contributed by atoms with E-state index >= 15 is 0 Å². The van der Waals surface area contributed by atoms with Gasteiger partial charge in [-0.15, -0.1) is 0 Å². The summed E-state index contributed by atoms with van der Waals surface area (Å²) in [7, 11) is 0. The number of halogens is 1. The number of benzene rings is 1.